The highest BCUT2D eigenvalue weighted by molar-refractivity contribution is 4.92. The molecular formula is C10H19N5. The molecule has 1 aromatic heterocycles. The van der Waals surface area contributed by atoms with Crippen LogP contribution in [0.1, 0.15) is 12.1 Å². The first-order valence-electron chi connectivity index (χ1n) is 5.48. The van der Waals surface area contributed by atoms with Crippen LogP contribution in [0.15, 0.2) is 6.20 Å². The fourth-order valence-electron chi connectivity index (χ4n) is 2.07. The van der Waals surface area contributed by atoms with Crippen molar-refractivity contribution in [1.29, 1.82) is 0 Å². The Labute approximate surface area is 90.5 Å². The van der Waals surface area contributed by atoms with Crippen molar-refractivity contribution in [3.63, 3.8) is 0 Å². The minimum Gasteiger partial charge on any atom is -0.311 e. The first-order chi connectivity index (χ1) is 7.25. The zero-order valence-corrected chi connectivity index (χ0v) is 9.48. The third kappa shape index (κ3) is 2.76. The molecule has 84 valence electrons. The molecule has 1 aliphatic heterocycles. The van der Waals surface area contributed by atoms with Gasteiger partial charge < -0.3 is 10.2 Å². The lowest BCUT2D eigenvalue weighted by atomic mass is 10.1. The Hall–Kier alpha value is -0.940. The highest BCUT2D eigenvalue weighted by Crippen LogP contribution is 2.12. The molecule has 1 aliphatic rings. The standard InChI is InChI=1S/C10H19N5/c1-14-4-3-9(8-14)5-11-6-10-7-12-13-15(10)2/h7,9,11H,3-6,8H2,1-2H3. The van der Waals surface area contributed by atoms with Crippen molar-refractivity contribution >= 4 is 0 Å². The Kier molecular flexibility index (Phi) is 3.33. The van der Waals surface area contributed by atoms with Crippen molar-refractivity contribution in [3.05, 3.63) is 11.9 Å². The van der Waals surface area contributed by atoms with E-state index in [1.165, 1.54) is 19.5 Å². The molecule has 2 heterocycles. The quantitative estimate of drug-likeness (QED) is 0.749. The van der Waals surface area contributed by atoms with Crippen molar-refractivity contribution in [2.75, 3.05) is 26.7 Å². The van der Waals surface area contributed by atoms with E-state index in [4.69, 9.17) is 0 Å². The molecule has 0 bridgehead atoms. The second-order valence-corrected chi connectivity index (χ2v) is 4.40. The van der Waals surface area contributed by atoms with Crippen molar-refractivity contribution in [3.8, 4) is 0 Å². The molecule has 0 aliphatic carbocycles. The predicted molar refractivity (Wildman–Crippen MR) is 58.3 cm³/mol. The van der Waals surface area contributed by atoms with Crippen LogP contribution in [0.3, 0.4) is 0 Å². The Morgan fingerprint density at radius 3 is 3.00 bits per heavy atom. The molecule has 1 atom stereocenters. The van der Waals surface area contributed by atoms with Crippen molar-refractivity contribution in [1.82, 2.24) is 25.2 Å². The first-order valence-corrected chi connectivity index (χ1v) is 5.48. The SMILES string of the molecule is CN1CCC(CNCc2cnnn2C)C1. The van der Waals surface area contributed by atoms with Crippen molar-refractivity contribution in [2.24, 2.45) is 13.0 Å². The Morgan fingerprint density at radius 2 is 2.40 bits per heavy atom. The van der Waals surface area contributed by atoms with Gasteiger partial charge in [-0.25, -0.2) is 0 Å². The van der Waals surface area contributed by atoms with Gasteiger partial charge in [0, 0.05) is 20.1 Å². The zero-order chi connectivity index (χ0) is 10.7. The van der Waals surface area contributed by atoms with Gasteiger partial charge in [-0.2, -0.15) is 0 Å². The molecule has 1 aromatic rings. The van der Waals surface area contributed by atoms with E-state index < -0.39 is 0 Å². The largest absolute Gasteiger partial charge is 0.311 e. The molecular weight excluding hydrogens is 190 g/mol. The number of nitrogens with one attached hydrogen (secondary N) is 1. The van der Waals surface area contributed by atoms with Crippen LogP contribution >= 0.6 is 0 Å². The molecule has 0 spiro atoms. The zero-order valence-electron chi connectivity index (χ0n) is 9.48. The van der Waals surface area contributed by atoms with Gasteiger partial charge in [0.2, 0.25) is 0 Å². The first kappa shape index (κ1) is 10.6. The Morgan fingerprint density at radius 1 is 1.53 bits per heavy atom. The van der Waals surface area contributed by atoms with Crippen molar-refractivity contribution < 1.29 is 0 Å². The van der Waals surface area contributed by atoms with Crippen LogP contribution in [0.2, 0.25) is 0 Å². The highest BCUT2D eigenvalue weighted by atomic mass is 15.4. The minimum absolute atomic E-state index is 0.802. The average molecular weight is 209 g/mol. The minimum atomic E-state index is 0.802. The van der Waals surface area contributed by atoms with Crippen LogP contribution in [-0.4, -0.2) is 46.6 Å². The van der Waals surface area contributed by atoms with E-state index in [0.29, 0.717) is 0 Å². The van der Waals surface area contributed by atoms with Gasteiger partial charge in [0.25, 0.3) is 0 Å². The van der Waals surface area contributed by atoms with Gasteiger partial charge in [-0.05, 0) is 32.5 Å². The number of rotatable bonds is 4. The summed E-state index contributed by atoms with van der Waals surface area (Å²) in [6, 6.07) is 0. The number of aryl methyl sites for hydroxylation is 1. The van der Waals surface area contributed by atoms with E-state index in [1.807, 2.05) is 17.9 Å². The second-order valence-electron chi connectivity index (χ2n) is 4.40. The second kappa shape index (κ2) is 4.72. The molecule has 5 heteroatoms. The predicted octanol–water partition coefficient (Wildman–Crippen LogP) is -0.144. The van der Waals surface area contributed by atoms with Gasteiger partial charge in [-0.1, -0.05) is 5.21 Å². The van der Waals surface area contributed by atoms with Gasteiger partial charge in [0.15, 0.2) is 0 Å². The summed E-state index contributed by atoms with van der Waals surface area (Å²) in [6.07, 6.45) is 3.13. The van der Waals surface area contributed by atoms with Crippen LogP contribution < -0.4 is 5.32 Å². The number of likely N-dealkylation sites (tertiary alicyclic amines) is 1. The van der Waals surface area contributed by atoms with Gasteiger partial charge in [-0.15, -0.1) is 5.10 Å². The van der Waals surface area contributed by atoms with Gasteiger partial charge in [0.05, 0.1) is 11.9 Å². The molecule has 0 amide bonds. The maximum Gasteiger partial charge on any atom is 0.0738 e. The number of hydrogen-bond acceptors (Lipinski definition) is 4. The van der Waals surface area contributed by atoms with Crippen LogP contribution in [-0.2, 0) is 13.6 Å². The third-order valence-corrected chi connectivity index (χ3v) is 3.04. The topological polar surface area (TPSA) is 46.0 Å². The maximum absolute atomic E-state index is 3.90. The molecule has 0 aromatic carbocycles. The summed E-state index contributed by atoms with van der Waals surface area (Å²) in [7, 11) is 4.11. The maximum atomic E-state index is 3.90. The summed E-state index contributed by atoms with van der Waals surface area (Å²) in [5, 5.41) is 11.2. The van der Waals surface area contributed by atoms with E-state index in [-0.39, 0.29) is 0 Å². The van der Waals surface area contributed by atoms with Crippen LogP contribution in [0.25, 0.3) is 0 Å². The van der Waals surface area contributed by atoms with Gasteiger partial charge in [0.1, 0.15) is 0 Å². The molecule has 1 unspecified atom stereocenters. The van der Waals surface area contributed by atoms with E-state index in [0.717, 1.165) is 24.7 Å². The summed E-state index contributed by atoms with van der Waals surface area (Å²) in [5.41, 5.74) is 1.14. The van der Waals surface area contributed by atoms with Crippen LogP contribution in [0.5, 0.6) is 0 Å². The summed E-state index contributed by atoms with van der Waals surface area (Å²) in [6.45, 7) is 4.41. The number of aromatic nitrogens is 3. The van der Waals surface area contributed by atoms with Gasteiger partial charge >= 0.3 is 0 Å². The Bertz CT molecular complexity index is 309. The fraction of sp³-hybridized carbons (Fsp3) is 0.800. The average Bonchev–Trinajstić information content (AvgIpc) is 2.77. The lowest BCUT2D eigenvalue weighted by molar-refractivity contribution is 0.387. The third-order valence-electron chi connectivity index (χ3n) is 3.04. The van der Waals surface area contributed by atoms with Crippen molar-refractivity contribution in [2.45, 2.75) is 13.0 Å². The molecule has 0 saturated carbocycles. The van der Waals surface area contributed by atoms with E-state index in [9.17, 15) is 0 Å². The lowest BCUT2D eigenvalue weighted by Crippen LogP contribution is -2.25. The monoisotopic (exact) mass is 209 g/mol. The molecule has 5 nitrogen and oxygen atoms in total. The van der Waals surface area contributed by atoms with Gasteiger partial charge in [-0.3, -0.25) is 4.68 Å². The molecule has 1 N–H and O–H groups in total. The van der Waals surface area contributed by atoms with E-state index in [2.05, 4.69) is 27.6 Å². The van der Waals surface area contributed by atoms with Crippen LogP contribution in [0, 0.1) is 5.92 Å². The number of nitrogens with zero attached hydrogens (tertiary/aromatic N) is 4. The number of hydrogen-bond donors (Lipinski definition) is 1. The fourth-order valence-corrected chi connectivity index (χ4v) is 2.07. The van der Waals surface area contributed by atoms with E-state index >= 15 is 0 Å². The molecule has 0 radical (unpaired) electrons. The normalized spacial score (nSPS) is 22.4. The molecule has 15 heavy (non-hydrogen) atoms. The smallest absolute Gasteiger partial charge is 0.0738 e. The van der Waals surface area contributed by atoms with E-state index in [1.54, 1.807) is 0 Å². The molecule has 1 fully saturated rings. The summed E-state index contributed by atoms with van der Waals surface area (Å²) < 4.78 is 1.81. The highest BCUT2D eigenvalue weighted by Gasteiger charge is 2.18. The molecule has 1 saturated heterocycles. The van der Waals surface area contributed by atoms with Crippen LogP contribution in [0.4, 0.5) is 0 Å². The molecule has 2 rings (SSSR count). The summed E-state index contributed by atoms with van der Waals surface area (Å²) in [4.78, 5) is 2.39. The Balaban J connectivity index is 1.69. The lowest BCUT2D eigenvalue weighted by Gasteiger charge is -2.11. The summed E-state index contributed by atoms with van der Waals surface area (Å²) >= 11 is 0. The summed E-state index contributed by atoms with van der Waals surface area (Å²) in [5.74, 6) is 0.802.